The minimum atomic E-state index is -1.91. The topological polar surface area (TPSA) is 33.2 Å². The van der Waals surface area contributed by atoms with E-state index in [0.29, 0.717) is 11.6 Å². The van der Waals surface area contributed by atoms with Gasteiger partial charge in [-0.2, -0.15) is 0 Å². The number of rotatable bonds is 5. The Morgan fingerprint density at radius 2 is 1.92 bits per heavy atom. The molecule has 1 aromatic carbocycles. The smallest absolute Gasteiger partial charge is 0.256 e. The number of hydrogen-bond donors (Lipinski definition) is 0. The Morgan fingerprint density at radius 3 is 2.54 bits per heavy atom. The summed E-state index contributed by atoms with van der Waals surface area (Å²) in [6.07, 6.45) is 4.43. The van der Waals surface area contributed by atoms with Crippen molar-refractivity contribution in [2.75, 3.05) is 6.17 Å². The Kier molecular flexibility index (Phi) is 4.99. The van der Waals surface area contributed by atoms with E-state index in [1.165, 1.54) is 5.19 Å². The lowest BCUT2D eigenvalue weighted by atomic mass is 10.2. The fraction of sp³-hybridized carbons (Fsp3) is 0.333. The third-order valence-corrected chi connectivity index (χ3v) is 8.22. The molecule has 1 heterocycles. The summed E-state index contributed by atoms with van der Waals surface area (Å²) in [5.74, 6) is -0.0248. The quantitative estimate of drug-likeness (QED) is 0.578. The molecular formula is C18H20Cl2N2OSi. The van der Waals surface area contributed by atoms with E-state index in [-0.39, 0.29) is 11.1 Å². The van der Waals surface area contributed by atoms with E-state index >= 15 is 0 Å². The SMILES string of the molecule is C[Si](C)(CN(C(=O)c1cccnc1Cl)C1CC1)c1ccccc1Cl. The summed E-state index contributed by atoms with van der Waals surface area (Å²) < 4.78 is 0. The van der Waals surface area contributed by atoms with Crippen LogP contribution in [0.2, 0.25) is 23.3 Å². The van der Waals surface area contributed by atoms with Crippen LogP contribution in [0.25, 0.3) is 0 Å². The molecule has 1 aromatic heterocycles. The average Bonchev–Trinajstić information content (AvgIpc) is 3.37. The maximum absolute atomic E-state index is 13.0. The van der Waals surface area contributed by atoms with Gasteiger partial charge in [-0.05, 0) is 36.2 Å². The standard InChI is InChI=1S/C18H20Cl2N2OSi/c1-24(2,16-8-4-3-7-15(16)19)12-22(13-9-10-13)18(23)14-6-5-11-21-17(14)20/h3-8,11,13H,9-10,12H2,1-2H3. The van der Waals surface area contributed by atoms with E-state index in [4.69, 9.17) is 23.2 Å². The summed E-state index contributed by atoms with van der Waals surface area (Å²) in [4.78, 5) is 19.1. The van der Waals surface area contributed by atoms with Gasteiger partial charge in [-0.3, -0.25) is 4.79 Å². The van der Waals surface area contributed by atoms with Crippen molar-refractivity contribution >= 4 is 42.4 Å². The molecule has 3 rings (SSSR count). The van der Waals surface area contributed by atoms with Gasteiger partial charge in [0.2, 0.25) is 0 Å². The number of hydrogen-bond acceptors (Lipinski definition) is 2. The number of amides is 1. The normalized spacial score (nSPS) is 14.5. The fourth-order valence-electron chi connectivity index (χ4n) is 2.97. The van der Waals surface area contributed by atoms with Gasteiger partial charge in [0.1, 0.15) is 13.2 Å². The van der Waals surface area contributed by atoms with Gasteiger partial charge in [0.05, 0.1) is 5.56 Å². The summed E-state index contributed by atoms with van der Waals surface area (Å²) in [7, 11) is -1.91. The molecule has 1 amide bonds. The summed E-state index contributed by atoms with van der Waals surface area (Å²) in [6, 6.07) is 11.8. The zero-order chi connectivity index (χ0) is 17.3. The molecule has 1 aliphatic carbocycles. The molecule has 24 heavy (non-hydrogen) atoms. The van der Waals surface area contributed by atoms with Crippen molar-refractivity contribution in [3.05, 3.63) is 58.3 Å². The molecule has 6 heteroatoms. The van der Waals surface area contributed by atoms with Gasteiger partial charge >= 0.3 is 0 Å². The number of aromatic nitrogens is 1. The molecule has 1 aliphatic rings. The first-order valence-corrected chi connectivity index (χ1v) is 12.0. The van der Waals surface area contributed by atoms with Crippen LogP contribution in [0.15, 0.2) is 42.6 Å². The Labute approximate surface area is 153 Å². The van der Waals surface area contributed by atoms with E-state index < -0.39 is 8.07 Å². The number of halogens is 2. The highest BCUT2D eigenvalue weighted by atomic mass is 35.5. The molecule has 0 saturated heterocycles. The molecular weight excluding hydrogens is 359 g/mol. The molecule has 1 fully saturated rings. The van der Waals surface area contributed by atoms with E-state index in [9.17, 15) is 4.79 Å². The van der Waals surface area contributed by atoms with Gasteiger partial charge in [-0.15, -0.1) is 0 Å². The van der Waals surface area contributed by atoms with E-state index in [1.807, 2.05) is 23.1 Å². The molecule has 0 unspecified atom stereocenters. The van der Waals surface area contributed by atoms with Gasteiger partial charge in [-0.1, -0.05) is 54.5 Å². The van der Waals surface area contributed by atoms with Crippen LogP contribution < -0.4 is 5.19 Å². The van der Waals surface area contributed by atoms with Crippen LogP contribution in [0.3, 0.4) is 0 Å². The van der Waals surface area contributed by atoms with E-state index in [0.717, 1.165) is 24.0 Å². The van der Waals surface area contributed by atoms with Crippen LogP contribution in [0, 0.1) is 0 Å². The third kappa shape index (κ3) is 3.66. The first-order chi connectivity index (χ1) is 11.4. The lowest BCUT2D eigenvalue weighted by molar-refractivity contribution is 0.0769. The summed E-state index contributed by atoms with van der Waals surface area (Å²) in [6.45, 7) is 4.50. The first kappa shape index (κ1) is 17.5. The highest BCUT2D eigenvalue weighted by molar-refractivity contribution is 6.91. The molecule has 0 spiro atoms. The Morgan fingerprint density at radius 1 is 1.21 bits per heavy atom. The van der Waals surface area contributed by atoms with Crippen molar-refractivity contribution in [3.8, 4) is 0 Å². The van der Waals surface area contributed by atoms with Crippen LogP contribution in [0.1, 0.15) is 23.2 Å². The highest BCUT2D eigenvalue weighted by Crippen LogP contribution is 2.30. The Hall–Kier alpha value is -1.36. The second-order valence-corrected chi connectivity index (χ2v) is 12.3. The molecule has 0 atom stereocenters. The van der Waals surface area contributed by atoms with E-state index in [1.54, 1.807) is 18.3 Å². The molecule has 0 N–H and O–H groups in total. The second kappa shape index (κ2) is 6.87. The fourth-order valence-corrected chi connectivity index (χ4v) is 6.78. The highest BCUT2D eigenvalue weighted by Gasteiger charge is 2.39. The van der Waals surface area contributed by atoms with Gasteiger partial charge in [0.15, 0.2) is 0 Å². The van der Waals surface area contributed by atoms with Gasteiger partial charge < -0.3 is 4.90 Å². The number of pyridine rings is 1. The largest absolute Gasteiger partial charge is 0.338 e. The number of carbonyl (C=O) groups excluding carboxylic acids is 1. The van der Waals surface area contributed by atoms with Crippen LogP contribution in [0.4, 0.5) is 0 Å². The van der Waals surface area contributed by atoms with Crippen molar-refractivity contribution in [2.45, 2.75) is 32.0 Å². The van der Waals surface area contributed by atoms with Crippen molar-refractivity contribution in [2.24, 2.45) is 0 Å². The third-order valence-electron chi connectivity index (χ3n) is 4.41. The first-order valence-electron chi connectivity index (χ1n) is 8.06. The Balaban J connectivity index is 1.89. The monoisotopic (exact) mass is 378 g/mol. The van der Waals surface area contributed by atoms with Crippen LogP contribution in [0.5, 0.6) is 0 Å². The lowest BCUT2D eigenvalue weighted by Crippen LogP contribution is -2.54. The van der Waals surface area contributed by atoms with E-state index in [2.05, 4.69) is 24.1 Å². The molecule has 0 radical (unpaired) electrons. The molecule has 2 aromatic rings. The number of nitrogens with zero attached hydrogens (tertiary/aromatic N) is 2. The molecule has 0 bridgehead atoms. The van der Waals surface area contributed by atoms with Crippen molar-refractivity contribution in [1.82, 2.24) is 9.88 Å². The molecule has 126 valence electrons. The van der Waals surface area contributed by atoms with Gasteiger partial charge in [-0.25, -0.2) is 4.98 Å². The van der Waals surface area contributed by atoms with Gasteiger partial charge in [0, 0.05) is 23.4 Å². The van der Waals surface area contributed by atoms with Crippen LogP contribution >= 0.6 is 23.2 Å². The summed E-state index contributed by atoms with van der Waals surface area (Å²) >= 11 is 12.5. The van der Waals surface area contributed by atoms with Crippen molar-refractivity contribution in [3.63, 3.8) is 0 Å². The average molecular weight is 379 g/mol. The number of carbonyl (C=O) groups is 1. The van der Waals surface area contributed by atoms with Crippen molar-refractivity contribution < 1.29 is 4.79 Å². The number of benzene rings is 1. The molecule has 0 aliphatic heterocycles. The predicted molar refractivity (Wildman–Crippen MR) is 102 cm³/mol. The maximum atomic E-state index is 13.0. The zero-order valence-corrected chi connectivity index (χ0v) is 16.3. The lowest BCUT2D eigenvalue weighted by Gasteiger charge is -2.32. The summed E-state index contributed by atoms with van der Waals surface area (Å²) in [5.41, 5.74) is 0.482. The van der Waals surface area contributed by atoms with Gasteiger partial charge in [0.25, 0.3) is 5.91 Å². The Bertz CT molecular complexity index is 762. The van der Waals surface area contributed by atoms with Crippen LogP contribution in [-0.2, 0) is 0 Å². The zero-order valence-electron chi connectivity index (χ0n) is 13.8. The molecule has 3 nitrogen and oxygen atoms in total. The summed E-state index contributed by atoms with van der Waals surface area (Å²) in [5, 5.41) is 2.24. The minimum Gasteiger partial charge on any atom is -0.338 e. The molecule has 1 saturated carbocycles. The predicted octanol–water partition coefficient (Wildman–Crippen LogP) is 4.15. The minimum absolute atomic E-state index is 0.0248. The van der Waals surface area contributed by atoms with Crippen LogP contribution in [-0.4, -0.2) is 36.1 Å². The maximum Gasteiger partial charge on any atom is 0.256 e. The second-order valence-electron chi connectivity index (χ2n) is 6.87. The van der Waals surface area contributed by atoms with Crippen molar-refractivity contribution in [1.29, 1.82) is 0 Å².